The van der Waals surface area contributed by atoms with Gasteiger partial charge < -0.3 is 10.2 Å². The molecule has 0 radical (unpaired) electrons. The van der Waals surface area contributed by atoms with Crippen molar-refractivity contribution in [2.45, 2.75) is 32.0 Å². The van der Waals surface area contributed by atoms with E-state index in [-0.39, 0.29) is 17.9 Å². The van der Waals surface area contributed by atoms with Crippen molar-refractivity contribution in [2.75, 3.05) is 11.9 Å². The van der Waals surface area contributed by atoms with E-state index >= 15 is 0 Å². The Morgan fingerprint density at radius 3 is 3.00 bits per heavy atom. The van der Waals surface area contributed by atoms with E-state index < -0.39 is 0 Å². The first-order valence-corrected chi connectivity index (χ1v) is 8.99. The molecule has 7 nitrogen and oxygen atoms in total. The number of likely N-dealkylation sites (tertiary alicyclic amines) is 1. The van der Waals surface area contributed by atoms with E-state index in [0.717, 1.165) is 24.9 Å². The summed E-state index contributed by atoms with van der Waals surface area (Å²) >= 11 is 0. The molecule has 0 bridgehead atoms. The third kappa shape index (κ3) is 4.16. The molecule has 140 valence electrons. The number of nitrogens with one attached hydrogen (secondary N) is 1. The van der Waals surface area contributed by atoms with E-state index in [0.29, 0.717) is 18.8 Å². The third-order valence-corrected chi connectivity index (χ3v) is 4.71. The summed E-state index contributed by atoms with van der Waals surface area (Å²) in [5.74, 6) is -0.273. The Bertz CT molecular complexity index is 907. The van der Waals surface area contributed by atoms with Crippen molar-refractivity contribution in [1.82, 2.24) is 24.5 Å². The quantitative estimate of drug-likeness (QED) is 0.753. The predicted molar refractivity (Wildman–Crippen MR) is 98.7 cm³/mol. The molecule has 1 aliphatic rings. The number of benzene rings is 1. The summed E-state index contributed by atoms with van der Waals surface area (Å²) in [5, 5.41) is 11.4. The minimum Gasteiger partial charge on any atom is -0.320 e. The minimum atomic E-state index is -0.273. The Morgan fingerprint density at radius 2 is 2.19 bits per heavy atom. The second-order valence-electron chi connectivity index (χ2n) is 6.70. The zero-order valence-corrected chi connectivity index (χ0v) is 14.8. The van der Waals surface area contributed by atoms with Gasteiger partial charge in [-0.05, 0) is 36.6 Å². The molecule has 0 unspecified atom stereocenters. The molecule has 3 aromatic rings. The second-order valence-corrected chi connectivity index (χ2v) is 6.70. The number of amides is 2. The molecule has 2 amide bonds. The molecular weight excluding hydrogens is 347 g/mol. The first-order chi connectivity index (χ1) is 13.2. The number of hydrogen-bond donors (Lipinski definition) is 1. The number of nitrogens with zero attached hydrogens (tertiary/aromatic N) is 5. The normalized spacial score (nSPS) is 16.6. The van der Waals surface area contributed by atoms with Gasteiger partial charge in [-0.15, -0.1) is 0 Å². The molecule has 1 fully saturated rings. The van der Waals surface area contributed by atoms with E-state index in [1.807, 2.05) is 27.9 Å². The number of anilines is 1. The van der Waals surface area contributed by atoms with Crippen LogP contribution in [0.5, 0.6) is 0 Å². The van der Waals surface area contributed by atoms with Crippen LogP contribution in [0.3, 0.4) is 0 Å². The number of carbonyl (C=O) groups excluding carboxylic acids is 1. The number of rotatable bonds is 5. The highest BCUT2D eigenvalue weighted by Gasteiger charge is 2.29. The molecule has 0 aliphatic carbocycles. The van der Waals surface area contributed by atoms with Gasteiger partial charge in [0.1, 0.15) is 5.82 Å². The fourth-order valence-corrected chi connectivity index (χ4v) is 3.45. The smallest absolute Gasteiger partial charge is 0.320 e. The van der Waals surface area contributed by atoms with Crippen LogP contribution in [-0.4, -0.2) is 43.1 Å². The molecule has 8 heteroatoms. The summed E-state index contributed by atoms with van der Waals surface area (Å²) in [5.41, 5.74) is 1.44. The summed E-state index contributed by atoms with van der Waals surface area (Å²) in [7, 11) is 0. The number of halogens is 1. The van der Waals surface area contributed by atoms with Crippen molar-refractivity contribution in [2.24, 2.45) is 0 Å². The summed E-state index contributed by atoms with van der Waals surface area (Å²) < 4.78 is 16.8. The van der Waals surface area contributed by atoms with Gasteiger partial charge in [0, 0.05) is 25.1 Å². The van der Waals surface area contributed by atoms with Gasteiger partial charge in [-0.2, -0.15) is 10.2 Å². The van der Waals surface area contributed by atoms with Gasteiger partial charge in [-0.25, -0.2) is 9.18 Å². The van der Waals surface area contributed by atoms with E-state index in [2.05, 4.69) is 15.5 Å². The Hall–Kier alpha value is -3.16. The average Bonchev–Trinajstić information content (AvgIpc) is 3.38. The topological polar surface area (TPSA) is 68.0 Å². The maximum absolute atomic E-state index is 13.3. The summed E-state index contributed by atoms with van der Waals surface area (Å²) in [6.45, 7) is 1.87. The van der Waals surface area contributed by atoms with E-state index in [9.17, 15) is 9.18 Å². The summed E-state index contributed by atoms with van der Waals surface area (Å²) in [4.78, 5) is 14.5. The molecular formula is C19H21FN6O. The molecule has 2 aromatic heterocycles. The van der Waals surface area contributed by atoms with Crippen molar-refractivity contribution < 1.29 is 9.18 Å². The first-order valence-electron chi connectivity index (χ1n) is 8.99. The van der Waals surface area contributed by atoms with Gasteiger partial charge in [0.15, 0.2) is 0 Å². The van der Waals surface area contributed by atoms with Crippen LogP contribution in [0.2, 0.25) is 0 Å². The monoisotopic (exact) mass is 368 g/mol. The van der Waals surface area contributed by atoms with Crippen LogP contribution in [0.25, 0.3) is 0 Å². The number of aromatic nitrogens is 4. The highest BCUT2D eigenvalue weighted by atomic mass is 19.1. The molecule has 1 saturated heterocycles. The summed E-state index contributed by atoms with van der Waals surface area (Å²) in [6.07, 6.45) is 8.96. The molecule has 27 heavy (non-hydrogen) atoms. The predicted octanol–water partition coefficient (Wildman–Crippen LogP) is 2.96. The Kier molecular flexibility index (Phi) is 4.86. The zero-order chi connectivity index (χ0) is 18.6. The largest absolute Gasteiger partial charge is 0.322 e. The summed E-state index contributed by atoms with van der Waals surface area (Å²) in [6, 6.07) is 8.28. The van der Waals surface area contributed by atoms with Crippen LogP contribution in [-0.2, 0) is 13.1 Å². The Balaban J connectivity index is 1.37. The van der Waals surface area contributed by atoms with Crippen LogP contribution in [0.15, 0.2) is 55.1 Å². The van der Waals surface area contributed by atoms with Crippen LogP contribution in [0, 0.1) is 5.82 Å². The SMILES string of the molecule is O=C(Nc1cnn(Cc2cccc(F)c2)c1)N1CCC[C@H]1Cn1cccn1. The average molecular weight is 368 g/mol. The lowest BCUT2D eigenvalue weighted by molar-refractivity contribution is 0.199. The van der Waals surface area contributed by atoms with Crippen LogP contribution >= 0.6 is 0 Å². The van der Waals surface area contributed by atoms with Gasteiger partial charge in [-0.1, -0.05) is 12.1 Å². The van der Waals surface area contributed by atoms with Crippen molar-refractivity contribution in [1.29, 1.82) is 0 Å². The van der Waals surface area contributed by atoms with Gasteiger partial charge >= 0.3 is 6.03 Å². The second kappa shape index (κ2) is 7.61. The lowest BCUT2D eigenvalue weighted by Gasteiger charge is -2.24. The standard InChI is InChI=1S/C19H21FN6O/c20-16-5-1-4-15(10-16)12-25-13-17(11-22-25)23-19(27)26-9-2-6-18(26)14-24-8-3-7-21-24/h1,3-5,7-8,10-11,13,18H,2,6,9,12,14H2,(H,23,27)/t18-/m0/s1. The number of hydrogen-bond acceptors (Lipinski definition) is 3. The lowest BCUT2D eigenvalue weighted by Crippen LogP contribution is -2.40. The van der Waals surface area contributed by atoms with Crippen molar-refractivity contribution in [3.05, 3.63) is 66.5 Å². The third-order valence-electron chi connectivity index (χ3n) is 4.71. The fourth-order valence-electron chi connectivity index (χ4n) is 3.45. The van der Waals surface area contributed by atoms with Crippen LogP contribution < -0.4 is 5.32 Å². The van der Waals surface area contributed by atoms with Gasteiger partial charge in [0.2, 0.25) is 0 Å². The molecule has 0 spiro atoms. The Morgan fingerprint density at radius 1 is 1.26 bits per heavy atom. The molecule has 1 atom stereocenters. The number of carbonyl (C=O) groups is 1. The van der Waals surface area contributed by atoms with E-state index in [4.69, 9.17) is 0 Å². The maximum Gasteiger partial charge on any atom is 0.322 e. The van der Waals surface area contributed by atoms with Crippen molar-refractivity contribution >= 4 is 11.7 Å². The van der Waals surface area contributed by atoms with Gasteiger partial charge in [-0.3, -0.25) is 9.36 Å². The highest BCUT2D eigenvalue weighted by molar-refractivity contribution is 5.89. The Labute approximate surface area is 156 Å². The zero-order valence-electron chi connectivity index (χ0n) is 14.8. The molecule has 1 aliphatic heterocycles. The fraction of sp³-hybridized carbons (Fsp3) is 0.316. The minimum absolute atomic E-state index is 0.130. The van der Waals surface area contributed by atoms with Crippen LogP contribution in [0.1, 0.15) is 18.4 Å². The molecule has 1 aromatic carbocycles. The van der Waals surface area contributed by atoms with E-state index in [1.165, 1.54) is 12.1 Å². The highest BCUT2D eigenvalue weighted by Crippen LogP contribution is 2.20. The molecule has 0 saturated carbocycles. The molecule has 1 N–H and O–H groups in total. The van der Waals surface area contributed by atoms with Crippen LogP contribution in [0.4, 0.5) is 14.9 Å². The van der Waals surface area contributed by atoms with E-state index in [1.54, 1.807) is 29.3 Å². The van der Waals surface area contributed by atoms with Gasteiger partial charge in [0.25, 0.3) is 0 Å². The molecule has 3 heterocycles. The van der Waals surface area contributed by atoms with Crippen molar-refractivity contribution in [3.63, 3.8) is 0 Å². The van der Waals surface area contributed by atoms with Crippen molar-refractivity contribution in [3.8, 4) is 0 Å². The molecule has 4 rings (SSSR count). The lowest BCUT2D eigenvalue weighted by atomic mass is 10.2. The number of urea groups is 1. The first kappa shape index (κ1) is 17.3. The van der Waals surface area contributed by atoms with Gasteiger partial charge in [0.05, 0.1) is 31.0 Å². The maximum atomic E-state index is 13.3.